The van der Waals surface area contributed by atoms with Gasteiger partial charge in [-0.15, -0.1) is 12.4 Å². The summed E-state index contributed by atoms with van der Waals surface area (Å²) in [6, 6.07) is 6.05. The molecule has 1 saturated heterocycles. The molecule has 0 saturated carbocycles. The van der Waals surface area contributed by atoms with E-state index in [0.29, 0.717) is 18.4 Å². The van der Waals surface area contributed by atoms with Gasteiger partial charge in [0.2, 0.25) is 11.7 Å². The number of nitrogens with zero attached hydrogens (tertiary/aromatic N) is 6. The number of hydrogen-bond donors (Lipinski definition) is 0. The van der Waals surface area contributed by atoms with E-state index in [-0.39, 0.29) is 18.2 Å². The predicted molar refractivity (Wildman–Crippen MR) is 123 cm³/mol. The van der Waals surface area contributed by atoms with E-state index in [1.54, 1.807) is 6.20 Å². The van der Waals surface area contributed by atoms with Crippen LogP contribution in [0.1, 0.15) is 37.6 Å². The second kappa shape index (κ2) is 10.1. The molecule has 0 bridgehead atoms. The number of pyridine rings is 1. The lowest BCUT2D eigenvalue weighted by molar-refractivity contribution is 0.157. The van der Waals surface area contributed by atoms with Gasteiger partial charge in [0.25, 0.3) is 0 Å². The van der Waals surface area contributed by atoms with Gasteiger partial charge in [0.05, 0.1) is 12.3 Å². The van der Waals surface area contributed by atoms with Gasteiger partial charge in [0.15, 0.2) is 0 Å². The Morgan fingerprint density at radius 1 is 1.32 bits per heavy atom. The summed E-state index contributed by atoms with van der Waals surface area (Å²) in [5, 5.41) is 10.2. The lowest BCUT2D eigenvalue weighted by Crippen LogP contribution is -2.35. The van der Waals surface area contributed by atoms with Crippen LogP contribution in [0.5, 0.6) is 5.88 Å². The first-order chi connectivity index (χ1) is 14.6. The first kappa shape index (κ1) is 23.0. The lowest BCUT2D eigenvalue weighted by atomic mass is 9.95. The van der Waals surface area contributed by atoms with E-state index in [1.165, 1.54) is 25.9 Å². The highest BCUT2D eigenvalue weighted by Crippen LogP contribution is 2.29. The van der Waals surface area contributed by atoms with Crippen molar-refractivity contribution >= 4 is 23.4 Å². The zero-order valence-electron chi connectivity index (χ0n) is 18.3. The molecule has 0 aliphatic carbocycles. The third kappa shape index (κ3) is 4.97. The summed E-state index contributed by atoms with van der Waals surface area (Å²) in [6.45, 7) is 8.44. The van der Waals surface area contributed by atoms with Crippen LogP contribution in [0.3, 0.4) is 0 Å². The monoisotopic (exact) mass is 440 g/mol. The van der Waals surface area contributed by atoms with Gasteiger partial charge in [-0.05, 0) is 57.3 Å². The second-order valence-electron chi connectivity index (χ2n) is 8.06. The van der Waals surface area contributed by atoms with Crippen LogP contribution in [0, 0.1) is 24.2 Å². The van der Waals surface area contributed by atoms with Gasteiger partial charge < -0.3 is 14.2 Å². The van der Waals surface area contributed by atoms with Crippen LogP contribution in [0.25, 0.3) is 22.3 Å². The van der Waals surface area contributed by atoms with Crippen molar-refractivity contribution in [3.05, 3.63) is 35.9 Å². The molecule has 4 rings (SSSR count). The standard InChI is InChI=1S/C23H28N6O.ClH/c1-4-29-9-5-6-17(15-29)8-11-30-23-16(2)12-18(14-25-23)21-19-7-10-28(3)22(19)27-20(13-24)26-21;/h7,10,12,14,17H,4-6,8-9,11,15H2,1-3H3;1H. The molecule has 7 nitrogen and oxygen atoms in total. The fraction of sp³-hybridized carbons (Fsp3) is 0.478. The number of nitriles is 1. The molecule has 4 heterocycles. The highest BCUT2D eigenvalue weighted by atomic mass is 35.5. The first-order valence-corrected chi connectivity index (χ1v) is 10.6. The van der Waals surface area contributed by atoms with Crippen molar-refractivity contribution in [3.63, 3.8) is 0 Å². The van der Waals surface area contributed by atoms with Crippen LogP contribution < -0.4 is 4.74 Å². The molecular weight excluding hydrogens is 412 g/mol. The Balaban J connectivity index is 0.00000272. The molecule has 1 aliphatic heterocycles. The van der Waals surface area contributed by atoms with Crippen molar-refractivity contribution in [2.45, 2.75) is 33.1 Å². The molecule has 8 heteroatoms. The minimum atomic E-state index is 0. The Morgan fingerprint density at radius 3 is 2.90 bits per heavy atom. The Kier molecular flexibility index (Phi) is 7.47. The molecule has 31 heavy (non-hydrogen) atoms. The van der Waals surface area contributed by atoms with E-state index in [0.717, 1.165) is 40.8 Å². The third-order valence-electron chi connectivity index (χ3n) is 5.94. The maximum Gasteiger partial charge on any atom is 0.234 e. The van der Waals surface area contributed by atoms with E-state index in [1.807, 2.05) is 36.9 Å². The lowest BCUT2D eigenvalue weighted by Gasteiger charge is -2.31. The SMILES string of the molecule is CCN1CCCC(CCOc2ncc(-c3nc(C#N)nc4c3ccn4C)cc2C)C1.Cl. The van der Waals surface area contributed by atoms with Crippen molar-refractivity contribution < 1.29 is 4.74 Å². The summed E-state index contributed by atoms with van der Waals surface area (Å²) in [4.78, 5) is 15.8. The van der Waals surface area contributed by atoms with Crippen molar-refractivity contribution in [2.24, 2.45) is 13.0 Å². The third-order valence-corrected chi connectivity index (χ3v) is 5.94. The maximum atomic E-state index is 9.31. The number of halogens is 1. The van der Waals surface area contributed by atoms with Crippen LogP contribution in [-0.2, 0) is 7.05 Å². The second-order valence-corrected chi connectivity index (χ2v) is 8.06. The fourth-order valence-corrected chi connectivity index (χ4v) is 4.25. The summed E-state index contributed by atoms with van der Waals surface area (Å²) < 4.78 is 7.91. The Bertz CT molecular complexity index is 1090. The molecule has 0 spiro atoms. The van der Waals surface area contributed by atoms with E-state index < -0.39 is 0 Å². The molecule has 1 fully saturated rings. The number of ether oxygens (including phenoxy) is 1. The van der Waals surface area contributed by atoms with E-state index in [2.05, 4.69) is 32.8 Å². The van der Waals surface area contributed by atoms with Crippen LogP contribution in [0.4, 0.5) is 0 Å². The highest BCUT2D eigenvalue weighted by molar-refractivity contribution is 5.91. The topological polar surface area (TPSA) is 79.9 Å². The maximum absolute atomic E-state index is 9.31. The molecule has 1 unspecified atom stereocenters. The summed E-state index contributed by atoms with van der Waals surface area (Å²) >= 11 is 0. The Labute approximate surface area is 189 Å². The molecule has 1 aliphatic rings. The minimum Gasteiger partial charge on any atom is -0.477 e. The number of fused-ring (bicyclic) bond motifs is 1. The quantitative estimate of drug-likeness (QED) is 0.573. The molecule has 1 atom stereocenters. The highest BCUT2D eigenvalue weighted by Gasteiger charge is 2.19. The van der Waals surface area contributed by atoms with Crippen LogP contribution in [0.2, 0.25) is 0 Å². The summed E-state index contributed by atoms with van der Waals surface area (Å²) in [7, 11) is 1.91. The first-order valence-electron chi connectivity index (χ1n) is 10.6. The van der Waals surface area contributed by atoms with Gasteiger partial charge in [0.1, 0.15) is 11.7 Å². The number of aryl methyl sites for hydroxylation is 2. The van der Waals surface area contributed by atoms with Gasteiger partial charge in [0, 0.05) is 42.5 Å². The number of hydrogen-bond acceptors (Lipinski definition) is 6. The summed E-state index contributed by atoms with van der Waals surface area (Å²) in [5.74, 6) is 1.53. The van der Waals surface area contributed by atoms with E-state index >= 15 is 0 Å². The molecular formula is C23H29ClN6O. The number of aromatic nitrogens is 4. The van der Waals surface area contributed by atoms with E-state index in [9.17, 15) is 5.26 Å². The van der Waals surface area contributed by atoms with Gasteiger partial charge >= 0.3 is 0 Å². The molecule has 3 aromatic heterocycles. The molecule has 0 N–H and O–H groups in total. The van der Waals surface area contributed by atoms with Gasteiger partial charge in [-0.1, -0.05) is 6.92 Å². The van der Waals surface area contributed by atoms with Crippen LogP contribution in [0.15, 0.2) is 24.5 Å². The zero-order valence-corrected chi connectivity index (χ0v) is 19.2. The molecule has 0 amide bonds. The molecule has 164 valence electrons. The van der Waals surface area contributed by atoms with Crippen LogP contribution in [-0.4, -0.2) is 50.7 Å². The van der Waals surface area contributed by atoms with Crippen molar-refractivity contribution in [1.82, 2.24) is 24.4 Å². The summed E-state index contributed by atoms with van der Waals surface area (Å²) in [6.07, 6.45) is 7.32. The molecule has 0 aromatic carbocycles. The predicted octanol–water partition coefficient (Wildman–Crippen LogP) is 4.13. The zero-order chi connectivity index (χ0) is 21.1. The average molecular weight is 441 g/mol. The van der Waals surface area contributed by atoms with Crippen molar-refractivity contribution in [1.29, 1.82) is 5.26 Å². The summed E-state index contributed by atoms with van der Waals surface area (Å²) in [5.41, 5.74) is 3.29. The van der Waals surface area contributed by atoms with Crippen molar-refractivity contribution in [3.8, 4) is 23.2 Å². The van der Waals surface area contributed by atoms with Gasteiger partial charge in [-0.2, -0.15) is 5.26 Å². The number of likely N-dealkylation sites (tertiary alicyclic amines) is 1. The minimum absolute atomic E-state index is 0. The number of rotatable bonds is 6. The average Bonchev–Trinajstić information content (AvgIpc) is 3.15. The molecule has 3 aromatic rings. The smallest absolute Gasteiger partial charge is 0.234 e. The van der Waals surface area contributed by atoms with Gasteiger partial charge in [-0.25, -0.2) is 15.0 Å². The normalized spacial score (nSPS) is 16.6. The molecule has 0 radical (unpaired) electrons. The van der Waals surface area contributed by atoms with Crippen molar-refractivity contribution in [2.75, 3.05) is 26.2 Å². The van der Waals surface area contributed by atoms with E-state index in [4.69, 9.17) is 4.74 Å². The Hall–Kier alpha value is -2.69. The van der Waals surface area contributed by atoms with Gasteiger partial charge in [-0.3, -0.25) is 0 Å². The fourth-order valence-electron chi connectivity index (χ4n) is 4.25. The van der Waals surface area contributed by atoms with Crippen LogP contribution >= 0.6 is 12.4 Å². The Morgan fingerprint density at radius 2 is 2.16 bits per heavy atom. The number of piperidine rings is 1. The largest absolute Gasteiger partial charge is 0.477 e.